The number of amides is 1. The standard InChI is InChI=1S/C16H13FN2O2/c1-18-16(20)14-8-11(5-6-15(14)17)3-4-12-7-13(21-2)10-19-9-12/h5-10H,1-2H3,(H,18,20). The Bertz CT molecular complexity index is 733. The highest BCUT2D eigenvalue weighted by Gasteiger charge is 2.09. The largest absolute Gasteiger partial charge is 0.495 e. The first kappa shape index (κ1) is 14.5. The summed E-state index contributed by atoms with van der Waals surface area (Å²) in [6.07, 6.45) is 3.17. The summed E-state index contributed by atoms with van der Waals surface area (Å²) < 4.78 is 18.6. The van der Waals surface area contributed by atoms with Crippen LogP contribution in [0.2, 0.25) is 0 Å². The van der Waals surface area contributed by atoms with Gasteiger partial charge in [0.05, 0.1) is 18.9 Å². The van der Waals surface area contributed by atoms with Crippen molar-refractivity contribution in [2.45, 2.75) is 0 Å². The topological polar surface area (TPSA) is 51.2 Å². The molecule has 1 amide bonds. The van der Waals surface area contributed by atoms with Gasteiger partial charge in [-0.25, -0.2) is 4.39 Å². The molecular formula is C16H13FN2O2. The summed E-state index contributed by atoms with van der Waals surface area (Å²) in [4.78, 5) is 15.5. The Balaban J connectivity index is 2.32. The van der Waals surface area contributed by atoms with E-state index < -0.39 is 11.7 Å². The third kappa shape index (κ3) is 3.57. The van der Waals surface area contributed by atoms with E-state index in [1.807, 2.05) is 0 Å². The molecule has 0 saturated heterocycles. The molecule has 0 saturated carbocycles. The molecule has 1 N–H and O–H groups in total. The van der Waals surface area contributed by atoms with E-state index in [1.165, 1.54) is 25.2 Å². The first-order valence-corrected chi connectivity index (χ1v) is 6.16. The maximum absolute atomic E-state index is 13.5. The molecule has 21 heavy (non-hydrogen) atoms. The Morgan fingerprint density at radius 3 is 2.71 bits per heavy atom. The molecule has 5 heteroatoms. The van der Waals surface area contributed by atoms with Crippen molar-refractivity contribution in [3.63, 3.8) is 0 Å². The molecule has 4 nitrogen and oxygen atoms in total. The van der Waals surface area contributed by atoms with Crippen LogP contribution in [0.4, 0.5) is 4.39 Å². The molecule has 0 unspecified atom stereocenters. The predicted octanol–water partition coefficient (Wildman–Crippen LogP) is 1.99. The number of hydrogen-bond donors (Lipinski definition) is 1. The normalized spacial score (nSPS) is 9.48. The van der Waals surface area contributed by atoms with Crippen LogP contribution in [0.5, 0.6) is 5.75 Å². The quantitative estimate of drug-likeness (QED) is 0.858. The molecule has 0 aliphatic carbocycles. The number of rotatable bonds is 2. The third-order valence-electron chi connectivity index (χ3n) is 2.74. The van der Waals surface area contributed by atoms with E-state index in [4.69, 9.17) is 4.74 Å². The van der Waals surface area contributed by atoms with Crippen molar-refractivity contribution in [1.29, 1.82) is 0 Å². The van der Waals surface area contributed by atoms with E-state index in [0.717, 1.165) is 0 Å². The molecule has 1 aromatic carbocycles. The van der Waals surface area contributed by atoms with Crippen LogP contribution in [-0.2, 0) is 0 Å². The number of benzene rings is 1. The fourth-order valence-electron chi connectivity index (χ4n) is 1.65. The van der Waals surface area contributed by atoms with Crippen molar-refractivity contribution >= 4 is 5.91 Å². The SMILES string of the molecule is CNC(=O)c1cc(C#Cc2cncc(OC)c2)ccc1F. The van der Waals surface area contributed by atoms with E-state index in [0.29, 0.717) is 16.9 Å². The molecule has 2 rings (SSSR count). The lowest BCUT2D eigenvalue weighted by molar-refractivity contribution is 0.0959. The van der Waals surface area contributed by atoms with Crippen molar-refractivity contribution in [1.82, 2.24) is 10.3 Å². The van der Waals surface area contributed by atoms with Crippen LogP contribution in [0.1, 0.15) is 21.5 Å². The molecule has 2 aromatic rings. The number of pyridine rings is 1. The predicted molar refractivity (Wildman–Crippen MR) is 76.6 cm³/mol. The maximum atomic E-state index is 13.5. The number of hydrogen-bond acceptors (Lipinski definition) is 3. The Kier molecular flexibility index (Phi) is 4.52. The van der Waals surface area contributed by atoms with Gasteiger partial charge in [-0.05, 0) is 24.3 Å². The van der Waals surface area contributed by atoms with Gasteiger partial charge in [-0.3, -0.25) is 9.78 Å². The van der Waals surface area contributed by atoms with Crippen LogP contribution in [-0.4, -0.2) is 25.0 Å². The Morgan fingerprint density at radius 1 is 1.24 bits per heavy atom. The van der Waals surface area contributed by atoms with E-state index in [1.54, 1.807) is 25.6 Å². The molecule has 106 valence electrons. The van der Waals surface area contributed by atoms with Crippen LogP contribution >= 0.6 is 0 Å². The minimum atomic E-state index is -0.581. The zero-order chi connectivity index (χ0) is 15.2. The Labute approximate surface area is 122 Å². The van der Waals surface area contributed by atoms with Crippen LogP contribution in [0, 0.1) is 17.7 Å². The van der Waals surface area contributed by atoms with Crippen LogP contribution in [0.3, 0.4) is 0 Å². The first-order chi connectivity index (χ1) is 10.1. The van der Waals surface area contributed by atoms with Gasteiger partial charge in [0.15, 0.2) is 0 Å². The fourth-order valence-corrected chi connectivity index (χ4v) is 1.65. The highest BCUT2D eigenvalue weighted by Crippen LogP contribution is 2.11. The fraction of sp³-hybridized carbons (Fsp3) is 0.125. The molecular weight excluding hydrogens is 271 g/mol. The molecule has 1 heterocycles. The van der Waals surface area contributed by atoms with E-state index >= 15 is 0 Å². The van der Waals surface area contributed by atoms with Gasteiger partial charge in [-0.1, -0.05) is 11.8 Å². The zero-order valence-corrected chi connectivity index (χ0v) is 11.6. The minimum absolute atomic E-state index is 0.0342. The van der Waals surface area contributed by atoms with Crippen LogP contribution in [0.25, 0.3) is 0 Å². The number of aromatic nitrogens is 1. The van der Waals surface area contributed by atoms with Crippen LogP contribution in [0.15, 0.2) is 36.7 Å². The van der Waals surface area contributed by atoms with Gasteiger partial charge in [0.1, 0.15) is 11.6 Å². The number of carbonyl (C=O) groups is 1. The smallest absolute Gasteiger partial charge is 0.254 e. The van der Waals surface area contributed by atoms with Gasteiger partial charge in [0.25, 0.3) is 5.91 Å². The van der Waals surface area contributed by atoms with Crippen molar-refractivity contribution in [2.75, 3.05) is 14.2 Å². The third-order valence-corrected chi connectivity index (χ3v) is 2.74. The van der Waals surface area contributed by atoms with Gasteiger partial charge in [-0.2, -0.15) is 0 Å². The summed E-state index contributed by atoms with van der Waals surface area (Å²) in [6, 6.07) is 5.89. The molecule has 1 aromatic heterocycles. The Hall–Kier alpha value is -2.87. The zero-order valence-electron chi connectivity index (χ0n) is 11.6. The van der Waals surface area contributed by atoms with Crippen molar-refractivity contribution in [3.8, 4) is 17.6 Å². The number of carbonyl (C=O) groups excluding carboxylic acids is 1. The van der Waals surface area contributed by atoms with Crippen molar-refractivity contribution in [3.05, 3.63) is 59.2 Å². The lowest BCUT2D eigenvalue weighted by atomic mass is 10.1. The second kappa shape index (κ2) is 6.53. The number of ether oxygens (including phenoxy) is 1. The summed E-state index contributed by atoms with van der Waals surface area (Å²) in [7, 11) is 2.99. The molecule has 0 spiro atoms. The number of nitrogens with one attached hydrogen (secondary N) is 1. The maximum Gasteiger partial charge on any atom is 0.254 e. The number of methoxy groups -OCH3 is 1. The van der Waals surface area contributed by atoms with Gasteiger partial charge in [-0.15, -0.1) is 0 Å². The average Bonchev–Trinajstić information content (AvgIpc) is 2.53. The van der Waals surface area contributed by atoms with Gasteiger partial charge in [0.2, 0.25) is 0 Å². The summed E-state index contributed by atoms with van der Waals surface area (Å²) in [5, 5.41) is 2.38. The van der Waals surface area contributed by atoms with Crippen molar-refractivity contribution < 1.29 is 13.9 Å². The lowest BCUT2D eigenvalue weighted by Crippen LogP contribution is -2.19. The highest BCUT2D eigenvalue weighted by molar-refractivity contribution is 5.94. The summed E-state index contributed by atoms with van der Waals surface area (Å²) in [5.74, 6) is 5.30. The van der Waals surface area contributed by atoms with Crippen molar-refractivity contribution in [2.24, 2.45) is 0 Å². The van der Waals surface area contributed by atoms with E-state index in [2.05, 4.69) is 22.1 Å². The molecule has 0 aliphatic heterocycles. The second-order valence-electron chi connectivity index (χ2n) is 4.14. The molecule has 0 fully saturated rings. The van der Waals surface area contributed by atoms with E-state index in [-0.39, 0.29) is 5.56 Å². The minimum Gasteiger partial charge on any atom is -0.495 e. The van der Waals surface area contributed by atoms with Gasteiger partial charge in [0, 0.05) is 24.4 Å². The average molecular weight is 284 g/mol. The number of nitrogens with zero attached hydrogens (tertiary/aromatic N) is 1. The lowest BCUT2D eigenvalue weighted by Gasteiger charge is -2.02. The molecule has 0 aliphatic rings. The summed E-state index contributed by atoms with van der Waals surface area (Å²) in [5.41, 5.74) is 1.17. The van der Waals surface area contributed by atoms with Gasteiger partial charge < -0.3 is 10.1 Å². The monoisotopic (exact) mass is 284 g/mol. The first-order valence-electron chi connectivity index (χ1n) is 6.16. The van der Waals surface area contributed by atoms with E-state index in [9.17, 15) is 9.18 Å². The highest BCUT2D eigenvalue weighted by atomic mass is 19.1. The molecule has 0 bridgehead atoms. The summed E-state index contributed by atoms with van der Waals surface area (Å²) in [6.45, 7) is 0. The number of halogens is 1. The summed E-state index contributed by atoms with van der Waals surface area (Å²) >= 11 is 0. The molecule has 0 atom stereocenters. The second-order valence-corrected chi connectivity index (χ2v) is 4.14. The molecule has 0 radical (unpaired) electrons. The van der Waals surface area contributed by atoms with Gasteiger partial charge >= 0.3 is 0 Å². The Morgan fingerprint density at radius 2 is 2.00 bits per heavy atom. The van der Waals surface area contributed by atoms with Crippen LogP contribution < -0.4 is 10.1 Å².